The molecule has 29 heavy (non-hydrogen) atoms. The quantitative estimate of drug-likeness (QED) is 0.351. The molecule has 3 nitrogen and oxygen atoms in total. The summed E-state index contributed by atoms with van der Waals surface area (Å²) in [4.78, 5) is 6.70. The lowest BCUT2D eigenvalue weighted by Crippen LogP contribution is -2.21. The molecule has 4 rings (SSSR count). The molecule has 2 aromatic carbocycles. The molecule has 0 fully saturated rings. The number of benzene rings is 2. The predicted octanol–water partition coefficient (Wildman–Crippen LogP) is 6.80. The van der Waals surface area contributed by atoms with Crippen LogP contribution in [0.5, 0.6) is 0 Å². The molecule has 5 heteroatoms. The van der Waals surface area contributed by atoms with Gasteiger partial charge in [-0.1, -0.05) is 41.4 Å². The molecule has 0 amide bonds. The van der Waals surface area contributed by atoms with E-state index in [2.05, 4.69) is 53.8 Å². The van der Waals surface area contributed by atoms with Gasteiger partial charge in [-0.3, -0.25) is 4.98 Å². The molecule has 1 unspecified atom stereocenters. The van der Waals surface area contributed by atoms with Gasteiger partial charge in [0.1, 0.15) is 0 Å². The Morgan fingerprint density at radius 2 is 1.69 bits per heavy atom. The van der Waals surface area contributed by atoms with Gasteiger partial charge in [-0.25, -0.2) is 0 Å². The van der Waals surface area contributed by atoms with E-state index in [0.717, 1.165) is 49.7 Å². The van der Waals surface area contributed by atoms with Crippen molar-refractivity contribution in [3.8, 4) is 22.3 Å². The van der Waals surface area contributed by atoms with Gasteiger partial charge in [-0.05, 0) is 56.9 Å². The molecule has 2 aromatic heterocycles. The number of fused-ring (bicyclic) bond motifs is 1. The smallest absolute Gasteiger partial charge is 0.0506 e. The minimum atomic E-state index is 0.312. The summed E-state index contributed by atoms with van der Waals surface area (Å²) < 4.78 is 2.31. The highest BCUT2D eigenvalue weighted by atomic mass is 35.5. The van der Waals surface area contributed by atoms with Crippen LogP contribution in [0, 0.1) is 0 Å². The van der Waals surface area contributed by atoms with Crippen molar-refractivity contribution in [3.63, 3.8) is 0 Å². The molecule has 0 aliphatic rings. The first-order valence-corrected chi connectivity index (χ1v) is 10.3. The Kier molecular flexibility index (Phi) is 5.64. The van der Waals surface area contributed by atoms with Gasteiger partial charge in [0.2, 0.25) is 0 Å². The number of rotatable bonds is 5. The number of halogens is 2. The maximum atomic E-state index is 6.65. The zero-order chi connectivity index (χ0) is 20.5. The van der Waals surface area contributed by atoms with Crippen LogP contribution in [-0.4, -0.2) is 35.1 Å². The first kappa shape index (κ1) is 20.0. The highest BCUT2D eigenvalue weighted by Gasteiger charge is 2.17. The largest absolute Gasteiger partial charge is 0.343 e. The van der Waals surface area contributed by atoms with Crippen LogP contribution in [0.15, 0.2) is 67.1 Å². The molecule has 0 N–H and O–H groups in total. The van der Waals surface area contributed by atoms with Crippen molar-refractivity contribution >= 4 is 34.1 Å². The third-order valence-electron chi connectivity index (χ3n) is 5.14. The second kappa shape index (κ2) is 8.19. The fourth-order valence-electron chi connectivity index (χ4n) is 3.86. The molecule has 148 valence electrons. The zero-order valence-electron chi connectivity index (χ0n) is 16.7. The number of hydrogen-bond acceptors (Lipinski definition) is 2. The Balaban J connectivity index is 1.86. The Morgan fingerprint density at radius 3 is 2.41 bits per heavy atom. The summed E-state index contributed by atoms with van der Waals surface area (Å²) in [7, 11) is 4.19. The lowest BCUT2D eigenvalue weighted by atomic mass is 10.0. The third-order valence-corrected chi connectivity index (χ3v) is 5.71. The normalized spacial score (nSPS) is 12.6. The van der Waals surface area contributed by atoms with E-state index in [9.17, 15) is 0 Å². The van der Waals surface area contributed by atoms with Gasteiger partial charge >= 0.3 is 0 Å². The lowest BCUT2D eigenvalue weighted by molar-refractivity contribution is 0.341. The molecule has 0 bridgehead atoms. The number of aromatic nitrogens is 2. The minimum Gasteiger partial charge on any atom is -0.343 e. The van der Waals surface area contributed by atoms with E-state index in [-0.39, 0.29) is 0 Å². The summed E-state index contributed by atoms with van der Waals surface area (Å²) in [5, 5.41) is 2.54. The predicted molar refractivity (Wildman–Crippen MR) is 124 cm³/mol. The van der Waals surface area contributed by atoms with Gasteiger partial charge < -0.3 is 9.47 Å². The first-order valence-electron chi connectivity index (χ1n) is 9.59. The van der Waals surface area contributed by atoms with Crippen LogP contribution in [0.2, 0.25) is 10.0 Å². The topological polar surface area (TPSA) is 21.1 Å². The maximum absolute atomic E-state index is 6.65. The number of pyridine rings is 1. The van der Waals surface area contributed by atoms with Gasteiger partial charge in [-0.15, -0.1) is 0 Å². The van der Waals surface area contributed by atoms with Crippen LogP contribution in [0.25, 0.3) is 33.2 Å². The van der Waals surface area contributed by atoms with E-state index in [4.69, 9.17) is 23.2 Å². The zero-order valence-corrected chi connectivity index (χ0v) is 18.2. The molecule has 0 aliphatic carbocycles. The van der Waals surface area contributed by atoms with E-state index in [1.807, 2.05) is 48.8 Å². The second-order valence-corrected chi connectivity index (χ2v) is 8.51. The average molecular weight is 424 g/mol. The van der Waals surface area contributed by atoms with Crippen molar-refractivity contribution < 1.29 is 0 Å². The van der Waals surface area contributed by atoms with Crippen LogP contribution >= 0.6 is 23.2 Å². The Hall–Kier alpha value is -2.33. The number of nitrogens with zero attached hydrogens (tertiary/aromatic N) is 3. The van der Waals surface area contributed by atoms with E-state index in [1.165, 1.54) is 0 Å². The molecule has 0 saturated carbocycles. The van der Waals surface area contributed by atoms with Crippen molar-refractivity contribution in [2.45, 2.75) is 13.0 Å². The second-order valence-electron chi connectivity index (χ2n) is 7.66. The first-order chi connectivity index (χ1) is 13.9. The maximum Gasteiger partial charge on any atom is 0.0506 e. The summed E-state index contributed by atoms with van der Waals surface area (Å²) >= 11 is 12.7. The van der Waals surface area contributed by atoms with Crippen LogP contribution in [0.1, 0.15) is 13.0 Å². The van der Waals surface area contributed by atoms with Crippen molar-refractivity contribution in [1.29, 1.82) is 0 Å². The standard InChI is InChI=1S/C24H23Cl2N3/c1-16(14-28(2)3)29-15-21(24-22(26)5-4-6-23(24)29)19-11-18(12-27-13-19)17-7-9-20(25)10-8-17/h4-13,15-16H,14H2,1-3H3. The molecule has 0 radical (unpaired) electrons. The molecule has 0 saturated heterocycles. The molecular formula is C24H23Cl2N3. The highest BCUT2D eigenvalue weighted by Crippen LogP contribution is 2.38. The van der Waals surface area contributed by atoms with Crippen molar-refractivity contribution in [3.05, 3.63) is 77.2 Å². The molecule has 0 spiro atoms. The highest BCUT2D eigenvalue weighted by molar-refractivity contribution is 6.36. The van der Waals surface area contributed by atoms with E-state index >= 15 is 0 Å². The molecule has 1 atom stereocenters. The van der Waals surface area contributed by atoms with Gasteiger partial charge in [0.05, 0.1) is 10.5 Å². The van der Waals surface area contributed by atoms with Gasteiger partial charge in [0.15, 0.2) is 0 Å². The minimum absolute atomic E-state index is 0.312. The lowest BCUT2D eigenvalue weighted by Gasteiger charge is -2.19. The number of hydrogen-bond donors (Lipinski definition) is 0. The fraction of sp³-hybridized carbons (Fsp3) is 0.208. The fourth-order valence-corrected chi connectivity index (χ4v) is 4.25. The van der Waals surface area contributed by atoms with E-state index in [1.54, 1.807) is 0 Å². The van der Waals surface area contributed by atoms with Crippen LogP contribution in [0.4, 0.5) is 0 Å². The van der Waals surface area contributed by atoms with Crippen molar-refractivity contribution in [1.82, 2.24) is 14.5 Å². The summed E-state index contributed by atoms with van der Waals surface area (Å²) in [6, 6.07) is 16.4. The summed E-state index contributed by atoms with van der Waals surface area (Å²) in [6.07, 6.45) is 5.98. The van der Waals surface area contributed by atoms with Crippen LogP contribution in [0.3, 0.4) is 0 Å². The van der Waals surface area contributed by atoms with Gasteiger partial charge in [-0.2, -0.15) is 0 Å². The third kappa shape index (κ3) is 4.04. The Morgan fingerprint density at radius 1 is 0.966 bits per heavy atom. The van der Waals surface area contributed by atoms with Gasteiger partial charge in [0, 0.05) is 58.3 Å². The Bertz CT molecular complexity index is 1150. The SMILES string of the molecule is CC(CN(C)C)n1cc(-c2cncc(-c3ccc(Cl)cc3)c2)c2c(Cl)cccc21. The van der Waals surface area contributed by atoms with Crippen LogP contribution in [-0.2, 0) is 0 Å². The molecule has 4 aromatic rings. The molecule has 2 heterocycles. The monoisotopic (exact) mass is 423 g/mol. The number of likely N-dealkylation sites (N-methyl/N-ethyl adjacent to an activating group) is 1. The summed E-state index contributed by atoms with van der Waals surface area (Å²) in [6.45, 7) is 3.17. The van der Waals surface area contributed by atoms with E-state index in [0.29, 0.717) is 6.04 Å². The molecular weight excluding hydrogens is 401 g/mol. The van der Waals surface area contributed by atoms with Gasteiger partial charge in [0.25, 0.3) is 0 Å². The average Bonchev–Trinajstić information content (AvgIpc) is 3.09. The van der Waals surface area contributed by atoms with Crippen LogP contribution < -0.4 is 0 Å². The van der Waals surface area contributed by atoms with Crippen molar-refractivity contribution in [2.75, 3.05) is 20.6 Å². The van der Waals surface area contributed by atoms with Crippen molar-refractivity contribution in [2.24, 2.45) is 0 Å². The summed E-state index contributed by atoms with van der Waals surface area (Å²) in [5.74, 6) is 0. The van der Waals surface area contributed by atoms with E-state index < -0.39 is 0 Å². The summed E-state index contributed by atoms with van der Waals surface area (Å²) in [5.41, 5.74) is 5.41. The Labute approximate surface area is 181 Å². The molecule has 0 aliphatic heterocycles.